The molecule has 1 aliphatic heterocycles. The van der Waals surface area contributed by atoms with Crippen molar-refractivity contribution >= 4 is 17.6 Å². The largest absolute Gasteiger partial charge is 0.467 e. The topological polar surface area (TPSA) is 112 Å². The third-order valence-electron chi connectivity index (χ3n) is 4.91. The number of para-hydroxylation sites is 1. The van der Waals surface area contributed by atoms with Crippen LogP contribution in [0.3, 0.4) is 0 Å². The number of nitrogens with one attached hydrogen (secondary N) is 1. The molecule has 2 heterocycles. The highest BCUT2D eigenvalue weighted by Crippen LogP contribution is 2.34. The number of rotatable bonds is 3. The summed E-state index contributed by atoms with van der Waals surface area (Å²) in [4.78, 5) is 42.3. The maximum atomic E-state index is 13.3. The van der Waals surface area contributed by atoms with Gasteiger partial charge in [0, 0.05) is 16.8 Å². The van der Waals surface area contributed by atoms with Crippen LogP contribution in [-0.2, 0) is 19.1 Å². The van der Waals surface area contributed by atoms with Crippen molar-refractivity contribution in [3.63, 3.8) is 0 Å². The lowest BCUT2D eigenvalue weighted by Crippen LogP contribution is -2.44. The Hall–Kier alpha value is -4.08. The molecule has 2 atom stereocenters. The van der Waals surface area contributed by atoms with Crippen LogP contribution in [0.1, 0.15) is 6.04 Å². The van der Waals surface area contributed by atoms with Crippen molar-refractivity contribution in [3.8, 4) is 22.6 Å². The van der Waals surface area contributed by atoms with Crippen LogP contribution in [0, 0.1) is 5.82 Å². The zero-order valence-electron chi connectivity index (χ0n) is 16.5. The van der Waals surface area contributed by atoms with Crippen molar-refractivity contribution in [2.75, 3.05) is 19.5 Å². The third kappa shape index (κ3) is 3.52. The second kappa shape index (κ2) is 7.98. The number of benzene rings is 2. The minimum absolute atomic E-state index is 0.0702. The van der Waals surface area contributed by atoms with Gasteiger partial charge in [0.05, 0.1) is 14.2 Å². The highest BCUT2D eigenvalue weighted by molar-refractivity contribution is 5.91. The Balaban J connectivity index is 2.03. The molecule has 1 N–H and O–H groups in total. The van der Waals surface area contributed by atoms with Crippen molar-refractivity contribution in [2.24, 2.45) is 0 Å². The summed E-state index contributed by atoms with van der Waals surface area (Å²) in [5, 5.41) is 7.34. The van der Waals surface area contributed by atoms with Gasteiger partial charge in [0.1, 0.15) is 5.82 Å². The molecule has 2 aromatic carbocycles. The summed E-state index contributed by atoms with van der Waals surface area (Å²) in [6.07, 6.45) is 0. The molecular weight excluding hydrogens is 407 g/mol. The molecule has 0 saturated carbocycles. The molecule has 9 nitrogen and oxygen atoms in total. The van der Waals surface area contributed by atoms with Crippen molar-refractivity contribution < 1.29 is 23.5 Å². The van der Waals surface area contributed by atoms with Crippen LogP contribution in [0.2, 0.25) is 0 Å². The summed E-state index contributed by atoms with van der Waals surface area (Å²) < 4.78 is 24.3. The Morgan fingerprint density at radius 3 is 2.39 bits per heavy atom. The highest BCUT2D eigenvalue weighted by atomic mass is 19.1. The number of nitrogens with zero attached hydrogens (tertiary/aromatic N) is 3. The predicted octanol–water partition coefficient (Wildman–Crippen LogP) is 1.79. The first kappa shape index (κ1) is 20.2. The number of hydrogen-bond acceptors (Lipinski definition) is 8. The van der Waals surface area contributed by atoms with E-state index in [-0.39, 0.29) is 11.5 Å². The minimum Gasteiger partial charge on any atom is -0.467 e. The maximum absolute atomic E-state index is 13.3. The molecule has 31 heavy (non-hydrogen) atoms. The first-order chi connectivity index (χ1) is 14.9. The van der Waals surface area contributed by atoms with E-state index in [4.69, 9.17) is 9.47 Å². The Morgan fingerprint density at radius 1 is 1.03 bits per heavy atom. The number of esters is 2. The smallest absolute Gasteiger partial charge is 0.333 e. The number of carbonyl (C=O) groups is 2. The van der Waals surface area contributed by atoms with E-state index in [1.165, 1.54) is 43.2 Å². The maximum Gasteiger partial charge on any atom is 0.333 e. The number of anilines is 1. The molecule has 1 aliphatic rings. The van der Waals surface area contributed by atoms with E-state index < -0.39 is 35.4 Å². The lowest BCUT2D eigenvalue weighted by molar-refractivity contribution is -0.152. The average Bonchev–Trinajstić information content (AvgIpc) is 2.92. The molecule has 0 fully saturated rings. The summed E-state index contributed by atoms with van der Waals surface area (Å²) in [5.74, 6) is -1.94. The summed E-state index contributed by atoms with van der Waals surface area (Å²) >= 11 is 0. The second-order valence-corrected chi connectivity index (χ2v) is 6.70. The van der Waals surface area contributed by atoms with E-state index in [9.17, 15) is 18.8 Å². The van der Waals surface area contributed by atoms with Crippen molar-refractivity contribution in [3.05, 3.63) is 64.7 Å². The molecule has 0 unspecified atom stereocenters. The van der Waals surface area contributed by atoms with Gasteiger partial charge in [-0.25, -0.2) is 18.7 Å². The summed E-state index contributed by atoms with van der Waals surface area (Å²) in [6, 6.07) is 9.37. The molecular formula is C21H17FN4O5. The summed E-state index contributed by atoms with van der Waals surface area (Å²) in [7, 11) is 2.36. The molecule has 4 rings (SSSR count). The predicted molar refractivity (Wildman–Crippen MR) is 108 cm³/mol. The van der Waals surface area contributed by atoms with Gasteiger partial charge in [-0.3, -0.25) is 4.79 Å². The zero-order chi connectivity index (χ0) is 22.1. The van der Waals surface area contributed by atoms with Crippen LogP contribution in [0.15, 0.2) is 53.3 Å². The van der Waals surface area contributed by atoms with Crippen molar-refractivity contribution in [2.45, 2.75) is 12.1 Å². The number of carbonyl (C=O) groups excluding carboxylic acids is 2. The molecule has 0 saturated heterocycles. The van der Waals surface area contributed by atoms with Gasteiger partial charge in [0.25, 0.3) is 5.56 Å². The quantitative estimate of drug-likeness (QED) is 0.634. The molecule has 3 aromatic rings. The van der Waals surface area contributed by atoms with Crippen LogP contribution in [-0.4, -0.2) is 47.0 Å². The third-order valence-corrected chi connectivity index (χ3v) is 4.91. The molecule has 10 heteroatoms. The Labute approximate surface area is 175 Å². The fourth-order valence-electron chi connectivity index (χ4n) is 3.43. The standard InChI is InChI=1S/C21H17FN4O5/c1-30-20(28)16-17(21(29)31-2)26-18(13-5-3-4-6-14(13)23-16)24-19(27)15(25-26)11-7-9-12(22)10-8-11/h3-10,16-17,23H,1-2H3/t16-,17-/m0/s1. The number of halogens is 1. The molecule has 0 amide bonds. The fraction of sp³-hybridized carbons (Fsp3) is 0.190. The average molecular weight is 424 g/mol. The van der Waals surface area contributed by atoms with Crippen molar-refractivity contribution in [1.29, 1.82) is 0 Å². The van der Waals surface area contributed by atoms with E-state index in [0.717, 1.165) is 0 Å². The van der Waals surface area contributed by atoms with E-state index in [1.807, 2.05) is 0 Å². The second-order valence-electron chi connectivity index (χ2n) is 6.70. The number of aromatic nitrogens is 3. The number of ether oxygens (including phenoxy) is 2. The van der Waals surface area contributed by atoms with Gasteiger partial charge in [-0.1, -0.05) is 12.1 Å². The van der Waals surface area contributed by atoms with Crippen molar-refractivity contribution in [1.82, 2.24) is 14.8 Å². The number of hydrogen-bond donors (Lipinski definition) is 1. The molecule has 1 aromatic heterocycles. The van der Waals surface area contributed by atoms with Crippen LogP contribution in [0.25, 0.3) is 22.6 Å². The van der Waals surface area contributed by atoms with Gasteiger partial charge < -0.3 is 14.8 Å². The van der Waals surface area contributed by atoms with Crippen LogP contribution >= 0.6 is 0 Å². The van der Waals surface area contributed by atoms with Gasteiger partial charge in [-0.2, -0.15) is 10.1 Å². The first-order valence-corrected chi connectivity index (χ1v) is 9.23. The Bertz CT molecular complexity index is 1230. The van der Waals surface area contributed by atoms with Gasteiger partial charge in [0.15, 0.2) is 23.6 Å². The van der Waals surface area contributed by atoms with E-state index in [2.05, 4.69) is 15.4 Å². The minimum atomic E-state index is -1.33. The summed E-state index contributed by atoms with van der Waals surface area (Å²) in [6.45, 7) is 0. The van der Waals surface area contributed by atoms with Gasteiger partial charge in [-0.15, -0.1) is 0 Å². The van der Waals surface area contributed by atoms with Crippen LogP contribution < -0.4 is 10.9 Å². The molecule has 158 valence electrons. The lowest BCUT2D eigenvalue weighted by atomic mass is 10.1. The molecule has 0 aliphatic carbocycles. The highest BCUT2D eigenvalue weighted by Gasteiger charge is 2.42. The first-order valence-electron chi connectivity index (χ1n) is 9.23. The summed E-state index contributed by atoms with van der Waals surface area (Å²) in [5.41, 5.74) is 0.436. The van der Waals surface area contributed by atoms with E-state index in [1.54, 1.807) is 24.3 Å². The molecule has 0 bridgehead atoms. The monoisotopic (exact) mass is 424 g/mol. The van der Waals surface area contributed by atoms with Crippen LogP contribution in [0.5, 0.6) is 0 Å². The van der Waals surface area contributed by atoms with E-state index >= 15 is 0 Å². The Kier molecular flexibility index (Phi) is 5.20. The molecule has 0 spiro atoms. The SMILES string of the molecule is COC(=O)[C@H]1Nc2ccccc2-c2nc(=O)c(-c3ccc(F)cc3)nn2[C@@H]1C(=O)OC. The number of methoxy groups -OCH3 is 2. The fourth-order valence-corrected chi connectivity index (χ4v) is 3.43. The van der Waals surface area contributed by atoms with Gasteiger partial charge >= 0.3 is 11.9 Å². The Morgan fingerprint density at radius 2 is 1.71 bits per heavy atom. The lowest BCUT2D eigenvalue weighted by Gasteiger charge is -2.24. The zero-order valence-corrected chi connectivity index (χ0v) is 16.5. The van der Waals surface area contributed by atoms with E-state index in [0.29, 0.717) is 16.8 Å². The van der Waals surface area contributed by atoms with Gasteiger partial charge in [-0.05, 0) is 36.4 Å². The number of fused-ring (bicyclic) bond motifs is 3. The van der Waals surface area contributed by atoms with Crippen LogP contribution in [0.4, 0.5) is 10.1 Å². The normalized spacial score (nSPS) is 16.9. The molecule has 0 radical (unpaired) electrons. The van der Waals surface area contributed by atoms with Gasteiger partial charge in [0.2, 0.25) is 0 Å².